The minimum absolute atomic E-state index is 0.0827. The summed E-state index contributed by atoms with van der Waals surface area (Å²) in [5.41, 5.74) is 0.679. The molecule has 0 saturated heterocycles. The SMILES string of the molecule is O=C(O)CCCCCCCn1c(=O)oc2ccc([N+](=O)[O-])cc21. The fourth-order valence-corrected chi connectivity index (χ4v) is 2.45. The van der Waals surface area contributed by atoms with Gasteiger partial charge in [-0.2, -0.15) is 0 Å². The highest BCUT2D eigenvalue weighted by Gasteiger charge is 2.13. The minimum Gasteiger partial charge on any atom is -0.481 e. The summed E-state index contributed by atoms with van der Waals surface area (Å²) in [5.74, 6) is -1.31. The lowest BCUT2D eigenvalue weighted by Crippen LogP contribution is -2.14. The van der Waals surface area contributed by atoms with Crippen LogP contribution in [0.25, 0.3) is 11.1 Å². The molecule has 1 aromatic carbocycles. The van der Waals surface area contributed by atoms with Gasteiger partial charge in [-0.3, -0.25) is 19.5 Å². The number of benzene rings is 1. The predicted molar refractivity (Wildman–Crippen MR) is 82.5 cm³/mol. The Hall–Kier alpha value is -2.64. The first-order valence-corrected chi connectivity index (χ1v) is 7.48. The maximum Gasteiger partial charge on any atom is 0.419 e. The van der Waals surface area contributed by atoms with Gasteiger partial charge in [-0.1, -0.05) is 19.3 Å². The average Bonchev–Trinajstić information content (AvgIpc) is 2.81. The number of nitro benzene ring substituents is 1. The second kappa shape index (κ2) is 7.57. The molecule has 23 heavy (non-hydrogen) atoms. The molecule has 1 heterocycles. The molecule has 1 N–H and O–H groups in total. The fourth-order valence-electron chi connectivity index (χ4n) is 2.45. The highest BCUT2D eigenvalue weighted by atomic mass is 16.6. The Bertz CT molecular complexity index is 761. The summed E-state index contributed by atoms with van der Waals surface area (Å²) in [5, 5.41) is 19.4. The Kier molecular flexibility index (Phi) is 5.51. The maximum absolute atomic E-state index is 11.8. The molecule has 0 bridgehead atoms. The van der Waals surface area contributed by atoms with Crippen molar-refractivity contribution in [3.8, 4) is 0 Å². The van der Waals surface area contributed by atoms with Crippen molar-refractivity contribution in [2.75, 3.05) is 0 Å². The zero-order valence-electron chi connectivity index (χ0n) is 12.6. The Morgan fingerprint density at radius 1 is 1.22 bits per heavy atom. The van der Waals surface area contributed by atoms with E-state index in [9.17, 15) is 19.7 Å². The van der Waals surface area contributed by atoms with E-state index in [1.807, 2.05) is 0 Å². The van der Waals surface area contributed by atoms with Crippen molar-refractivity contribution in [1.82, 2.24) is 4.57 Å². The van der Waals surface area contributed by atoms with Crippen LogP contribution in [0.15, 0.2) is 27.4 Å². The van der Waals surface area contributed by atoms with Gasteiger partial charge >= 0.3 is 11.7 Å². The highest BCUT2D eigenvalue weighted by molar-refractivity contribution is 5.75. The first-order valence-electron chi connectivity index (χ1n) is 7.48. The maximum atomic E-state index is 11.8. The topological polar surface area (TPSA) is 116 Å². The smallest absolute Gasteiger partial charge is 0.419 e. The van der Waals surface area contributed by atoms with Crippen molar-refractivity contribution >= 4 is 22.8 Å². The molecular weight excluding hydrogens is 304 g/mol. The van der Waals surface area contributed by atoms with Crippen LogP contribution in [0.1, 0.15) is 38.5 Å². The fraction of sp³-hybridized carbons (Fsp3) is 0.467. The third-order valence-corrected chi connectivity index (χ3v) is 3.63. The third kappa shape index (κ3) is 4.41. The number of rotatable bonds is 9. The summed E-state index contributed by atoms with van der Waals surface area (Å²) < 4.78 is 6.48. The Balaban J connectivity index is 1.93. The van der Waals surface area contributed by atoms with Gasteiger partial charge in [0.1, 0.15) is 0 Å². The number of carboxylic acids is 1. The van der Waals surface area contributed by atoms with Gasteiger partial charge in [-0.15, -0.1) is 0 Å². The molecule has 2 rings (SSSR count). The molecule has 124 valence electrons. The van der Waals surface area contributed by atoms with E-state index in [1.165, 1.54) is 22.8 Å². The van der Waals surface area contributed by atoms with Crippen LogP contribution in [0.4, 0.5) is 5.69 Å². The molecule has 0 aliphatic carbocycles. The zero-order chi connectivity index (χ0) is 16.8. The molecule has 0 spiro atoms. The van der Waals surface area contributed by atoms with Crippen LogP contribution >= 0.6 is 0 Å². The lowest BCUT2D eigenvalue weighted by atomic mass is 10.1. The van der Waals surface area contributed by atoms with E-state index in [0.717, 1.165) is 25.7 Å². The Labute approximate surface area is 131 Å². The number of carboxylic acid groups (broad SMARTS) is 1. The number of aliphatic carboxylic acids is 1. The third-order valence-electron chi connectivity index (χ3n) is 3.63. The van der Waals surface area contributed by atoms with Gasteiger partial charge in [0.25, 0.3) is 5.69 Å². The van der Waals surface area contributed by atoms with Crippen LogP contribution in [0.5, 0.6) is 0 Å². The van der Waals surface area contributed by atoms with Gasteiger partial charge < -0.3 is 9.52 Å². The molecule has 0 amide bonds. The highest BCUT2D eigenvalue weighted by Crippen LogP contribution is 2.20. The molecule has 0 saturated carbocycles. The molecule has 1 aromatic heterocycles. The summed E-state index contributed by atoms with van der Waals surface area (Å²) in [6.07, 6.45) is 4.13. The normalized spacial score (nSPS) is 11.0. The molecule has 0 atom stereocenters. The van der Waals surface area contributed by atoms with Crippen molar-refractivity contribution in [2.45, 2.75) is 45.1 Å². The molecule has 0 aliphatic heterocycles. The molecule has 0 fully saturated rings. The van der Waals surface area contributed by atoms with Gasteiger partial charge in [-0.25, -0.2) is 4.79 Å². The van der Waals surface area contributed by atoms with Crippen molar-refractivity contribution in [2.24, 2.45) is 0 Å². The molecule has 0 aliphatic rings. The van der Waals surface area contributed by atoms with E-state index < -0.39 is 16.6 Å². The first-order chi connectivity index (χ1) is 11.0. The van der Waals surface area contributed by atoms with Crippen LogP contribution in [0.2, 0.25) is 0 Å². The molecule has 2 aromatic rings. The van der Waals surface area contributed by atoms with Gasteiger partial charge in [0.05, 0.1) is 10.4 Å². The summed E-state index contributed by atoms with van der Waals surface area (Å²) >= 11 is 0. The summed E-state index contributed by atoms with van der Waals surface area (Å²) in [4.78, 5) is 32.5. The van der Waals surface area contributed by atoms with Crippen LogP contribution in [-0.2, 0) is 11.3 Å². The van der Waals surface area contributed by atoms with Gasteiger partial charge in [0, 0.05) is 25.1 Å². The number of hydrogen-bond acceptors (Lipinski definition) is 5. The lowest BCUT2D eigenvalue weighted by molar-refractivity contribution is -0.384. The summed E-state index contributed by atoms with van der Waals surface area (Å²) in [6, 6.07) is 4.07. The van der Waals surface area contributed by atoms with E-state index >= 15 is 0 Å². The number of nitrogens with zero attached hydrogens (tertiary/aromatic N) is 2. The van der Waals surface area contributed by atoms with Crippen LogP contribution in [0.3, 0.4) is 0 Å². The monoisotopic (exact) mass is 322 g/mol. The van der Waals surface area contributed by atoms with Gasteiger partial charge in [0.2, 0.25) is 0 Å². The Morgan fingerprint density at radius 3 is 2.61 bits per heavy atom. The molecule has 8 heteroatoms. The largest absolute Gasteiger partial charge is 0.481 e. The number of non-ortho nitro benzene ring substituents is 1. The summed E-state index contributed by atoms with van der Waals surface area (Å²) in [6.45, 7) is 0.423. The second-order valence-corrected chi connectivity index (χ2v) is 5.34. The number of aromatic nitrogens is 1. The summed E-state index contributed by atoms with van der Waals surface area (Å²) in [7, 11) is 0. The Morgan fingerprint density at radius 2 is 1.91 bits per heavy atom. The van der Waals surface area contributed by atoms with Crippen LogP contribution < -0.4 is 5.76 Å². The first kappa shape index (κ1) is 16.7. The molecule has 8 nitrogen and oxygen atoms in total. The van der Waals surface area contributed by atoms with Crippen LogP contribution in [-0.4, -0.2) is 20.6 Å². The number of fused-ring (bicyclic) bond motifs is 1. The van der Waals surface area contributed by atoms with E-state index in [1.54, 1.807) is 0 Å². The van der Waals surface area contributed by atoms with E-state index in [-0.39, 0.29) is 12.1 Å². The minimum atomic E-state index is -0.789. The van der Waals surface area contributed by atoms with Crippen LogP contribution in [0, 0.1) is 10.1 Å². The zero-order valence-corrected chi connectivity index (χ0v) is 12.6. The lowest BCUT2D eigenvalue weighted by Gasteiger charge is -2.02. The van der Waals surface area contributed by atoms with E-state index in [2.05, 4.69) is 0 Å². The molecule has 0 unspecified atom stereocenters. The molecule has 0 radical (unpaired) electrons. The predicted octanol–water partition coefficient (Wildman–Crippen LogP) is 2.93. The van der Waals surface area contributed by atoms with Crippen molar-refractivity contribution in [3.05, 3.63) is 38.9 Å². The number of oxazole rings is 1. The second-order valence-electron chi connectivity index (χ2n) is 5.34. The average molecular weight is 322 g/mol. The standard InChI is InChI=1S/C15H18N2O6/c18-14(19)6-4-2-1-3-5-9-16-12-10-11(17(21)22)7-8-13(12)23-15(16)20/h7-8,10H,1-6,9H2,(H,18,19). The van der Waals surface area contributed by atoms with E-state index in [4.69, 9.17) is 9.52 Å². The van der Waals surface area contributed by atoms with Gasteiger partial charge in [0.15, 0.2) is 5.58 Å². The number of hydrogen-bond donors (Lipinski definition) is 1. The van der Waals surface area contributed by atoms with E-state index in [0.29, 0.717) is 24.1 Å². The van der Waals surface area contributed by atoms with Gasteiger partial charge in [-0.05, 0) is 18.9 Å². The van der Waals surface area contributed by atoms with Crippen molar-refractivity contribution < 1.29 is 19.2 Å². The van der Waals surface area contributed by atoms with Crippen molar-refractivity contribution in [1.29, 1.82) is 0 Å². The quantitative estimate of drug-likeness (QED) is 0.431. The number of aryl methyl sites for hydroxylation is 1. The number of unbranched alkanes of at least 4 members (excludes halogenated alkanes) is 4. The van der Waals surface area contributed by atoms with Crippen molar-refractivity contribution in [3.63, 3.8) is 0 Å². The number of carbonyl (C=O) groups is 1. The number of nitro groups is 1. The molecular formula is C15H18N2O6.